The van der Waals surface area contributed by atoms with E-state index in [9.17, 15) is 9.59 Å². The number of nitrogens with one attached hydrogen (secondary N) is 1. The molecule has 0 aliphatic heterocycles. The molecule has 19 heavy (non-hydrogen) atoms. The van der Waals surface area contributed by atoms with Gasteiger partial charge in [0.1, 0.15) is 0 Å². The Bertz CT molecular complexity index is 312. The summed E-state index contributed by atoms with van der Waals surface area (Å²) >= 11 is 0. The maximum Gasteiger partial charge on any atom is 0.317 e. The summed E-state index contributed by atoms with van der Waals surface area (Å²) in [6.07, 6.45) is 4.35. The van der Waals surface area contributed by atoms with E-state index in [1.165, 1.54) is 12.2 Å². The molecule has 0 aromatic rings. The molecule has 6 nitrogen and oxygen atoms in total. The first-order valence-electron chi connectivity index (χ1n) is 6.72. The van der Waals surface area contributed by atoms with Crippen LogP contribution in [0.2, 0.25) is 0 Å². The van der Waals surface area contributed by atoms with Crippen LogP contribution in [-0.2, 0) is 9.63 Å². The Kier molecular flexibility index (Phi) is 6.08. The minimum Gasteiger partial charge on any atom is -0.335 e. The van der Waals surface area contributed by atoms with Crippen molar-refractivity contribution in [3.8, 4) is 0 Å². The van der Waals surface area contributed by atoms with Crippen LogP contribution in [-0.4, -0.2) is 56.2 Å². The number of carbonyl (C=O) groups is 2. The molecular weight excluding hydrogens is 246 g/mol. The van der Waals surface area contributed by atoms with Crippen molar-refractivity contribution in [3.05, 3.63) is 0 Å². The van der Waals surface area contributed by atoms with Crippen molar-refractivity contribution in [2.75, 3.05) is 28.3 Å². The lowest BCUT2D eigenvalue weighted by molar-refractivity contribution is -0.169. The van der Waals surface area contributed by atoms with Gasteiger partial charge in [0, 0.05) is 33.6 Å². The fourth-order valence-electron chi connectivity index (χ4n) is 2.29. The highest BCUT2D eigenvalue weighted by molar-refractivity contribution is 5.75. The molecule has 1 aliphatic carbocycles. The lowest BCUT2D eigenvalue weighted by atomic mass is 9.84. The Morgan fingerprint density at radius 2 is 1.74 bits per heavy atom. The van der Waals surface area contributed by atoms with Gasteiger partial charge in [0.25, 0.3) is 0 Å². The summed E-state index contributed by atoms with van der Waals surface area (Å²) in [5.41, 5.74) is 0. The van der Waals surface area contributed by atoms with Crippen LogP contribution in [0.3, 0.4) is 0 Å². The van der Waals surface area contributed by atoms with Crippen LogP contribution in [0.15, 0.2) is 0 Å². The number of carbonyl (C=O) groups excluding carboxylic acids is 2. The summed E-state index contributed by atoms with van der Waals surface area (Å²) in [6.45, 7) is 0. The molecular formula is C13H25N3O3. The summed E-state index contributed by atoms with van der Waals surface area (Å²) in [7, 11) is 6.59. The molecule has 1 saturated carbocycles. The first kappa shape index (κ1) is 15.8. The third kappa shape index (κ3) is 5.06. The summed E-state index contributed by atoms with van der Waals surface area (Å²) in [5.74, 6) is 0.417. The molecule has 0 atom stereocenters. The van der Waals surface area contributed by atoms with E-state index in [1.54, 1.807) is 26.0 Å². The molecule has 1 aliphatic rings. The average Bonchev–Trinajstić information content (AvgIpc) is 2.39. The largest absolute Gasteiger partial charge is 0.335 e. The number of nitrogens with zero attached hydrogens (tertiary/aromatic N) is 2. The number of hydrogen-bond donors (Lipinski definition) is 1. The molecule has 0 bridgehead atoms. The monoisotopic (exact) mass is 271 g/mol. The Morgan fingerprint density at radius 3 is 2.21 bits per heavy atom. The van der Waals surface area contributed by atoms with Crippen LogP contribution >= 0.6 is 0 Å². The highest BCUT2D eigenvalue weighted by Gasteiger charge is 2.25. The molecule has 6 heteroatoms. The zero-order valence-electron chi connectivity index (χ0n) is 12.3. The molecule has 1 N–H and O–H groups in total. The third-order valence-corrected chi connectivity index (χ3v) is 3.67. The number of urea groups is 1. The van der Waals surface area contributed by atoms with Gasteiger partial charge in [-0.3, -0.25) is 9.63 Å². The second-order valence-corrected chi connectivity index (χ2v) is 5.34. The van der Waals surface area contributed by atoms with E-state index in [4.69, 9.17) is 4.84 Å². The molecule has 0 radical (unpaired) electrons. The van der Waals surface area contributed by atoms with Crippen molar-refractivity contribution in [1.82, 2.24) is 15.3 Å². The number of hydrogen-bond acceptors (Lipinski definition) is 3. The van der Waals surface area contributed by atoms with Gasteiger partial charge < -0.3 is 10.2 Å². The standard InChI is InChI=1S/C13H25N3O3/c1-15(2)13(18)14-11-7-5-10(6-8-11)9-12(17)16(3)19-4/h10-11H,5-9H2,1-4H3,(H,14,18)/t10-,11-. The Morgan fingerprint density at radius 1 is 1.16 bits per heavy atom. The van der Waals surface area contributed by atoms with Gasteiger partial charge in [0.15, 0.2) is 0 Å². The van der Waals surface area contributed by atoms with Crippen molar-refractivity contribution < 1.29 is 14.4 Å². The van der Waals surface area contributed by atoms with Crippen LogP contribution in [0.25, 0.3) is 0 Å². The van der Waals surface area contributed by atoms with Gasteiger partial charge in [-0.05, 0) is 31.6 Å². The Hall–Kier alpha value is -1.30. The molecule has 0 spiro atoms. The average molecular weight is 271 g/mol. The van der Waals surface area contributed by atoms with E-state index in [0.717, 1.165) is 25.7 Å². The molecule has 0 unspecified atom stereocenters. The SMILES string of the molecule is CON(C)C(=O)C[C@H]1CC[C@H](NC(=O)N(C)C)CC1. The van der Waals surface area contributed by atoms with Gasteiger partial charge in [-0.25, -0.2) is 9.86 Å². The van der Waals surface area contributed by atoms with E-state index >= 15 is 0 Å². The van der Waals surface area contributed by atoms with E-state index in [2.05, 4.69) is 5.32 Å². The van der Waals surface area contributed by atoms with Crippen LogP contribution in [0, 0.1) is 5.92 Å². The predicted molar refractivity (Wildman–Crippen MR) is 72.4 cm³/mol. The quantitative estimate of drug-likeness (QED) is 0.782. The van der Waals surface area contributed by atoms with Gasteiger partial charge >= 0.3 is 6.03 Å². The minimum atomic E-state index is -0.0429. The van der Waals surface area contributed by atoms with Gasteiger partial charge in [0.05, 0.1) is 7.11 Å². The van der Waals surface area contributed by atoms with E-state index in [-0.39, 0.29) is 18.0 Å². The molecule has 0 aromatic carbocycles. The van der Waals surface area contributed by atoms with Gasteiger partial charge in [-0.15, -0.1) is 0 Å². The highest BCUT2D eigenvalue weighted by Crippen LogP contribution is 2.27. The molecule has 0 heterocycles. The molecule has 0 aromatic heterocycles. The fraction of sp³-hybridized carbons (Fsp3) is 0.846. The maximum atomic E-state index is 11.7. The van der Waals surface area contributed by atoms with Crippen LogP contribution in [0.1, 0.15) is 32.1 Å². The topological polar surface area (TPSA) is 61.9 Å². The van der Waals surface area contributed by atoms with Crippen molar-refractivity contribution in [2.24, 2.45) is 5.92 Å². The van der Waals surface area contributed by atoms with Crippen LogP contribution in [0.4, 0.5) is 4.79 Å². The highest BCUT2D eigenvalue weighted by atomic mass is 16.7. The molecule has 110 valence electrons. The predicted octanol–water partition coefficient (Wildman–Crippen LogP) is 1.23. The fourth-order valence-corrected chi connectivity index (χ4v) is 2.29. The van der Waals surface area contributed by atoms with Gasteiger partial charge in [-0.1, -0.05) is 0 Å². The Labute approximate surface area is 115 Å². The van der Waals surface area contributed by atoms with Crippen molar-refractivity contribution in [3.63, 3.8) is 0 Å². The summed E-state index contributed by atoms with van der Waals surface area (Å²) in [5, 5.41) is 4.27. The first-order chi connectivity index (χ1) is 8.93. The van der Waals surface area contributed by atoms with Crippen molar-refractivity contribution in [2.45, 2.75) is 38.1 Å². The van der Waals surface area contributed by atoms with Crippen LogP contribution in [0.5, 0.6) is 0 Å². The summed E-state index contributed by atoms with van der Waals surface area (Å²) in [4.78, 5) is 29.7. The number of amides is 3. The van der Waals surface area contributed by atoms with Crippen LogP contribution < -0.4 is 5.32 Å². The van der Waals surface area contributed by atoms with Crippen molar-refractivity contribution >= 4 is 11.9 Å². The zero-order chi connectivity index (χ0) is 14.4. The van der Waals surface area contributed by atoms with Crippen molar-refractivity contribution in [1.29, 1.82) is 0 Å². The minimum absolute atomic E-state index is 0.0169. The third-order valence-electron chi connectivity index (χ3n) is 3.67. The van der Waals surface area contributed by atoms with Gasteiger partial charge in [-0.2, -0.15) is 0 Å². The zero-order valence-corrected chi connectivity index (χ0v) is 12.3. The van der Waals surface area contributed by atoms with Gasteiger partial charge in [0.2, 0.25) is 5.91 Å². The van der Waals surface area contributed by atoms with E-state index < -0.39 is 0 Å². The number of hydroxylamine groups is 2. The lowest BCUT2D eigenvalue weighted by Gasteiger charge is -2.30. The second-order valence-electron chi connectivity index (χ2n) is 5.34. The smallest absolute Gasteiger partial charge is 0.317 e. The summed E-state index contributed by atoms with van der Waals surface area (Å²) < 4.78 is 0. The lowest BCUT2D eigenvalue weighted by Crippen LogP contribution is -2.43. The number of rotatable bonds is 4. The first-order valence-corrected chi connectivity index (χ1v) is 6.72. The maximum absolute atomic E-state index is 11.7. The van der Waals surface area contributed by atoms with E-state index in [1.807, 2.05) is 0 Å². The van der Waals surface area contributed by atoms with E-state index in [0.29, 0.717) is 12.3 Å². The Balaban J connectivity index is 2.29. The second kappa shape index (κ2) is 7.33. The molecule has 1 fully saturated rings. The molecule has 3 amide bonds. The summed E-state index contributed by atoms with van der Waals surface area (Å²) in [6, 6.07) is 0.194. The molecule has 1 rings (SSSR count). The normalized spacial score (nSPS) is 22.7. The molecule has 0 saturated heterocycles.